The Morgan fingerprint density at radius 2 is 1.88 bits per heavy atom. The van der Waals surface area contributed by atoms with Crippen LogP contribution >= 0.6 is 0 Å². The summed E-state index contributed by atoms with van der Waals surface area (Å²) in [7, 11) is 0. The lowest BCUT2D eigenvalue weighted by Gasteiger charge is -2.13. The Morgan fingerprint density at radius 1 is 1.24 bits per heavy atom. The molecule has 0 bridgehead atoms. The van der Waals surface area contributed by atoms with E-state index < -0.39 is 0 Å². The smallest absolute Gasteiger partial charge is 0.127 e. The van der Waals surface area contributed by atoms with Crippen LogP contribution < -0.4 is 5.73 Å². The lowest BCUT2D eigenvalue weighted by atomic mass is 9.96. The maximum absolute atomic E-state index is 6.24. The van der Waals surface area contributed by atoms with Crippen molar-refractivity contribution in [2.45, 2.75) is 66.3 Å². The molecule has 17 heavy (non-hydrogen) atoms. The van der Waals surface area contributed by atoms with E-state index in [4.69, 9.17) is 10.7 Å². The monoisotopic (exact) mass is 237 g/mol. The van der Waals surface area contributed by atoms with E-state index in [1.807, 2.05) is 0 Å². The summed E-state index contributed by atoms with van der Waals surface area (Å²) in [6.45, 7) is 12.0. The van der Waals surface area contributed by atoms with E-state index in [2.05, 4.69) is 39.2 Å². The summed E-state index contributed by atoms with van der Waals surface area (Å²) in [6, 6.07) is 0. The van der Waals surface area contributed by atoms with Crippen molar-refractivity contribution in [3.05, 3.63) is 11.5 Å². The van der Waals surface area contributed by atoms with Crippen molar-refractivity contribution < 1.29 is 0 Å². The van der Waals surface area contributed by atoms with Gasteiger partial charge in [-0.3, -0.25) is 0 Å². The number of nitrogen functional groups attached to an aromatic ring is 1. The van der Waals surface area contributed by atoms with Crippen LogP contribution in [0.4, 0.5) is 5.82 Å². The second-order valence-corrected chi connectivity index (χ2v) is 5.33. The number of nitrogens with two attached hydrogens (primary N) is 1. The van der Waals surface area contributed by atoms with E-state index in [9.17, 15) is 0 Å². The number of hydrogen-bond acceptors (Lipinski definition) is 2. The Kier molecular flexibility index (Phi) is 5.03. The first-order valence-corrected chi connectivity index (χ1v) is 6.85. The van der Waals surface area contributed by atoms with Crippen LogP contribution in [0.1, 0.15) is 64.9 Å². The molecule has 1 rings (SSSR count). The van der Waals surface area contributed by atoms with Gasteiger partial charge in [0, 0.05) is 18.9 Å². The maximum atomic E-state index is 6.24. The third-order valence-electron chi connectivity index (χ3n) is 3.17. The Labute approximate surface area is 105 Å². The predicted molar refractivity (Wildman–Crippen MR) is 74.2 cm³/mol. The molecular formula is C14H27N3. The van der Waals surface area contributed by atoms with Crippen molar-refractivity contribution in [2.24, 2.45) is 5.92 Å². The van der Waals surface area contributed by atoms with Crippen LogP contribution in [-0.2, 0) is 13.0 Å². The number of nitrogens with zero attached hydrogens (tertiary/aromatic N) is 2. The standard InChI is InChI=1S/C14H27N3/c1-6-8-17-12(7-2)16-13(14(17)15)11(5)9-10(3)4/h10-11H,6-9,15H2,1-5H3. The van der Waals surface area contributed by atoms with Crippen molar-refractivity contribution in [1.29, 1.82) is 0 Å². The highest BCUT2D eigenvalue weighted by Crippen LogP contribution is 2.28. The molecule has 98 valence electrons. The SMILES string of the molecule is CCCn1c(CC)nc(C(C)CC(C)C)c1N. The van der Waals surface area contributed by atoms with Gasteiger partial charge in [-0.15, -0.1) is 0 Å². The van der Waals surface area contributed by atoms with Crippen LogP contribution in [0, 0.1) is 5.92 Å². The summed E-state index contributed by atoms with van der Waals surface area (Å²) in [4.78, 5) is 4.74. The zero-order valence-electron chi connectivity index (χ0n) is 12.0. The average Bonchev–Trinajstić information content (AvgIpc) is 2.56. The van der Waals surface area contributed by atoms with Crippen LogP contribution in [0.15, 0.2) is 0 Å². The molecule has 0 aliphatic heterocycles. The molecule has 2 N–H and O–H groups in total. The molecule has 0 radical (unpaired) electrons. The number of aromatic nitrogens is 2. The van der Waals surface area contributed by atoms with Crippen LogP contribution in [-0.4, -0.2) is 9.55 Å². The Bertz CT molecular complexity index is 353. The van der Waals surface area contributed by atoms with Gasteiger partial charge < -0.3 is 10.3 Å². The first kappa shape index (κ1) is 14.1. The van der Waals surface area contributed by atoms with Crippen molar-refractivity contribution in [2.75, 3.05) is 5.73 Å². The highest BCUT2D eigenvalue weighted by Gasteiger charge is 2.18. The molecule has 0 aliphatic carbocycles. The number of anilines is 1. The highest BCUT2D eigenvalue weighted by molar-refractivity contribution is 5.40. The fourth-order valence-electron chi connectivity index (χ4n) is 2.46. The second-order valence-electron chi connectivity index (χ2n) is 5.33. The largest absolute Gasteiger partial charge is 0.384 e. The van der Waals surface area contributed by atoms with E-state index in [0.717, 1.165) is 43.1 Å². The average molecular weight is 237 g/mol. The summed E-state index contributed by atoms with van der Waals surface area (Å²) in [6.07, 6.45) is 3.21. The van der Waals surface area contributed by atoms with Crippen molar-refractivity contribution in [3.63, 3.8) is 0 Å². The topological polar surface area (TPSA) is 43.8 Å². The van der Waals surface area contributed by atoms with Crippen molar-refractivity contribution in [1.82, 2.24) is 9.55 Å². The molecule has 1 aromatic rings. The molecule has 0 amide bonds. The Balaban J connectivity index is 3.00. The molecule has 1 unspecified atom stereocenters. The second kappa shape index (κ2) is 6.08. The normalized spacial score (nSPS) is 13.3. The van der Waals surface area contributed by atoms with E-state index in [-0.39, 0.29) is 0 Å². The quantitative estimate of drug-likeness (QED) is 0.821. The zero-order valence-corrected chi connectivity index (χ0v) is 12.0. The van der Waals surface area contributed by atoms with E-state index in [1.54, 1.807) is 0 Å². The fourth-order valence-corrected chi connectivity index (χ4v) is 2.46. The van der Waals surface area contributed by atoms with Gasteiger partial charge in [0.15, 0.2) is 0 Å². The summed E-state index contributed by atoms with van der Waals surface area (Å²) in [5, 5.41) is 0. The van der Waals surface area contributed by atoms with Gasteiger partial charge in [-0.25, -0.2) is 4.98 Å². The third kappa shape index (κ3) is 3.24. The maximum Gasteiger partial charge on any atom is 0.127 e. The third-order valence-corrected chi connectivity index (χ3v) is 3.17. The molecule has 0 aliphatic rings. The summed E-state index contributed by atoms with van der Waals surface area (Å²) < 4.78 is 2.19. The van der Waals surface area contributed by atoms with Gasteiger partial charge in [0.1, 0.15) is 11.6 Å². The molecule has 3 heteroatoms. The molecule has 1 aromatic heterocycles. The van der Waals surface area contributed by atoms with Gasteiger partial charge in [0.2, 0.25) is 0 Å². The van der Waals surface area contributed by atoms with Crippen molar-refractivity contribution in [3.8, 4) is 0 Å². The zero-order chi connectivity index (χ0) is 13.0. The van der Waals surface area contributed by atoms with Gasteiger partial charge in [0.25, 0.3) is 0 Å². The molecule has 0 spiro atoms. The predicted octanol–water partition coefficient (Wildman–Crippen LogP) is 3.59. The highest BCUT2D eigenvalue weighted by atomic mass is 15.1. The minimum absolute atomic E-state index is 0.457. The van der Waals surface area contributed by atoms with E-state index in [1.165, 1.54) is 0 Å². The molecule has 0 aromatic carbocycles. The molecule has 3 nitrogen and oxygen atoms in total. The summed E-state index contributed by atoms with van der Waals surface area (Å²) >= 11 is 0. The van der Waals surface area contributed by atoms with Crippen LogP contribution in [0.3, 0.4) is 0 Å². The molecule has 0 saturated carbocycles. The fraction of sp³-hybridized carbons (Fsp3) is 0.786. The van der Waals surface area contributed by atoms with Crippen LogP contribution in [0.2, 0.25) is 0 Å². The number of rotatable bonds is 6. The van der Waals surface area contributed by atoms with Gasteiger partial charge in [0.05, 0.1) is 5.69 Å². The lowest BCUT2D eigenvalue weighted by Crippen LogP contribution is -2.07. The summed E-state index contributed by atoms with van der Waals surface area (Å²) in [5.41, 5.74) is 7.34. The first-order valence-electron chi connectivity index (χ1n) is 6.85. The van der Waals surface area contributed by atoms with Crippen LogP contribution in [0.5, 0.6) is 0 Å². The van der Waals surface area contributed by atoms with Gasteiger partial charge in [-0.2, -0.15) is 0 Å². The van der Waals surface area contributed by atoms with Crippen LogP contribution in [0.25, 0.3) is 0 Å². The summed E-state index contributed by atoms with van der Waals surface area (Å²) in [5.74, 6) is 3.16. The molecule has 0 fully saturated rings. The van der Waals surface area contributed by atoms with Crippen molar-refractivity contribution >= 4 is 5.82 Å². The van der Waals surface area contributed by atoms with E-state index in [0.29, 0.717) is 11.8 Å². The molecular weight excluding hydrogens is 210 g/mol. The molecule has 1 atom stereocenters. The minimum atomic E-state index is 0.457. The Morgan fingerprint density at radius 3 is 2.35 bits per heavy atom. The lowest BCUT2D eigenvalue weighted by molar-refractivity contribution is 0.518. The molecule has 0 saturated heterocycles. The number of aryl methyl sites for hydroxylation is 1. The van der Waals surface area contributed by atoms with E-state index >= 15 is 0 Å². The number of imidazole rings is 1. The van der Waals surface area contributed by atoms with Gasteiger partial charge in [-0.05, 0) is 18.8 Å². The minimum Gasteiger partial charge on any atom is -0.384 e. The molecule has 1 heterocycles. The van der Waals surface area contributed by atoms with Gasteiger partial charge >= 0.3 is 0 Å². The Hall–Kier alpha value is -0.990. The first-order chi connectivity index (χ1) is 8.01. The van der Waals surface area contributed by atoms with Gasteiger partial charge in [-0.1, -0.05) is 34.6 Å². The number of hydrogen-bond donors (Lipinski definition) is 1.